The molecule has 7 heteroatoms. The normalized spacial score (nSPS) is 21.3. The summed E-state index contributed by atoms with van der Waals surface area (Å²) in [5.74, 6) is 0.978. The Morgan fingerprint density at radius 2 is 2.00 bits per heavy atom. The summed E-state index contributed by atoms with van der Waals surface area (Å²) >= 11 is 4.94. The molecule has 0 spiro atoms. The van der Waals surface area contributed by atoms with Crippen LogP contribution in [-0.2, 0) is 9.47 Å². The number of thioether (sulfide) groups is 1. The lowest BCUT2D eigenvalue weighted by atomic mass is 10.2. The molecule has 1 N–H and O–H groups in total. The molecule has 1 saturated heterocycles. The van der Waals surface area contributed by atoms with Gasteiger partial charge in [-0.3, -0.25) is 0 Å². The molecule has 20 heavy (non-hydrogen) atoms. The van der Waals surface area contributed by atoms with E-state index in [1.165, 1.54) is 7.11 Å². The Morgan fingerprint density at radius 1 is 1.30 bits per heavy atom. The van der Waals surface area contributed by atoms with Crippen LogP contribution in [0.5, 0.6) is 0 Å². The largest absolute Gasteiger partial charge is 0.456 e. The Morgan fingerprint density at radius 3 is 2.65 bits per heavy atom. The lowest BCUT2D eigenvalue weighted by molar-refractivity contribution is 0.0295. The summed E-state index contributed by atoms with van der Waals surface area (Å²) < 4.78 is 10.9. The molecule has 1 aromatic carbocycles. The van der Waals surface area contributed by atoms with Crippen LogP contribution in [-0.4, -0.2) is 42.8 Å². The van der Waals surface area contributed by atoms with Crippen molar-refractivity contribution in [1.82, 2.24) is 5.32 Å². The SMILES string of the molecule is COC(=O)N[C@@H]1CSC[C@H]1OC(=O)c1ccc(Br)cc1. The van der Waals surface area contributed by atoms with Crippen molar-refractivity contribution in [3.63, 3.8) is 0 Å². The molecule has 2 rings (SSSR count). The molecule has 0 unspecified atom stereocenters. The molecule has 1 aliphatic rings. The first-order chi connectivity index (χ1) is 9.60. The highest BCUT2D eigenvalue weighted by Gasteiger charge is 2.32. The number of halogens is 1. The number of amides is 1. The number of hydrogen-bond acceptors (Lipinski definition) is 5. The quantitative estimate of drug-likeness (QED) is 0.839. The first-order valence-corrected chi connectivity index (χ1v) is 7.93. The van der Waals surface area contributed by atoms with Crippen molar-refractivity contribution in [3.8, 4) is 0 Å². The van der Waals surface area contributed by atoms with E-state index in [-0.39, 0.29) is 18.1 Å². The van der Waals surface area contributed by atoms with E-state index >= 15 is 0 Å². The summed E-state index contributed by atoms with van der Waals surface area (Å²) in [6.45, 7) is 0. The van der Waals surface area contributed by atoms with Crippen LogP contribution in [0.25, 0.3) is 0 Å². The summed E-state index contributed by atoms with van der Waals surface area (Å²) in [6.07, 6.45) is -0.850. The molecule has 1 amide bonds. The molecule has 1 fully saturated rings. The van der Waals surface area contributed by atoms with Gasteiger partial charge in [-0.2, -0.15) is 11.8 Å². The Labute approximate surface area is 129 Å². The second-order valence-corrected chi connectivity index (χ2v) is 6.22. The van der Waals surface area contributed by atoms with Crippen molar-refractivity contribution >= 4 is 39.8 Å². The highest BCUT2D eigenvalue weighted by Crippen LogP contribution is 2.22. The molecule has 1 aliphatic heterocycles. The molecule has 0 saturated carbocycles. The Hall–Kier alpha value is -1.21. The molecule has 108 valence electrons. The smallest absolute Gasteiger partial charge is 0.407 e. The van der Waals surface area contributed by atoms with E-state index in [9.17, 15) is 9.59 Å². The number of rotatable bonds is 3. The number of hydrogen-bond donors (Lipinski definition) is 1. The van der Waals surface area contributed by atoms with E-state index in [2.05, 4.69) is 26.0 Å². The van der Waals surface area contributed by atoms with Gasteiger partial charge in [0, 0.05) is 16.0 Å². The molecular formula is C13H14BrNO4S. The summed E-state index contributed by atoms with van der Waals surface area (Å²) in [7, 11) is 1.31. The zero-order valence-electron chi connectivity index (χ0n) is 10.8. The molecule has 0 radical (unpaired) electrons. The first-order valence-electron chi connectivity index (χ1n) is 5.99. The average Bonchev–Trinajstić information content (AvgIpc) is 2.86. The van der Waals surface area contributed by atoms with E-state index in [0.29, 0.717) is 17.1 Å². The van der Waals surface area contributed by atoms with E-state index in [4.69, 9.17) is 4.74 Å². The molecule has 0 aliphatic carbocycles. The minimum absolute atomic E-state index is 0.216. The third kappa shape index (κ3) is 3.89. The molecule has 5 nitrogen and oxygen atoms in total. The average molecular weight is 360 g/mol. The van der Waals surface area contributed by atoms with Gasteiger partial charge >= 0.3 is 12.1 Å². The van der Waals surface area contributed by atoms with Gasteiger partial charge in [0.05, 0.1) is 18.7 Å². The van der Waals surface area contributed by atoms with E-state index in [1.54, 1.807) is 36.0 Å². The highest BCUT2D eigenvalue weighted by molar-refractivity contribution is 9.10. The fraction of sp³-hybridized carbons (Fsp3) is 0.385. The molecule has 2 atom stereocenters. The monoisotopic (exact) mass is 359 g/mol. The fourth-order valence-electron chi connectivity index (χ4n) is 1.79. The predicted molar refractivity (Wildman–Crippen MR) is 80.0 cm³/mol. The van der Waals surface area contributed by atoms with Crippen LogP contribution in [0.4, 0.5) is 4.79 Å². The minimum atomic E-state index is -0.512. The predicted octanol–water partition coefficient (Wildman–Crippen LogP) is 2.45. The third-order valence-electron chi connectivity index (χ3n) is 2.86. The van der Waals surface area contributed by atoms with Gasteiger partial charge in [0.2, 0.25) is 0 Å². The molecule has 0 aromatic heterocycles. The van der Waals surface area contributed by atoms with E-state index in [0.717, 1.165) is 4.47 Å². The second kappa shape index (κ2) is 6.99. The summed E-state index contributed by atoms with van der Waals surface area (Å²) in [5, 5.41) is 2.68. The lowest BCUT2D eigenvalue weighted by Gasteiger charge is -2.19. The van der Waals surface area contributed by atoms with Crippen LogP contribution >= 0.6 is 27.7 Å². The van der Waals surface area contributed by atoms with Crippen molar-refractivity contribution in [3.05, 3.63) is 34.3 Å². The van der Waals surface area contributed by atoms with Crippen LogP contribution < -0.4 is 5.32 Å². The van der Waals surface area contributed by atoms with Crippen molar-refractivity contribution in [2.75, 3.05) is 18.6 Å². The topological polar surface area (TPSA) is 64.6 Å². The van der Waals surface area contributed by atoms with Crippen molar-refractivity contribution < 1.29 is 19.1 Å². The maximum absolute atomic E-state index is 12.0. The summed E-state index contributed by atoms with van der Waals surface area (Å²) in [6, 6.07) is 6.73. The number of ether oxygens (including phenoxy) is 2. The molecular weight excluding hydrogens is 346 g/mol. The van der Waals surface area contributed by atoms with Crippen LogP contribution in [0.3, 0.4) is 0 Å². The minimum Gasteiger partial charge on any atom is -0.456 e. The summed E-state index contributed by atoms with van der Waals surface area (Å²) in [5.41, 5.74) is 0.488. The van der Waals surface area contributed by atoms with Crippen molar-refractivity contribution in [2.24, 2.45) is 0 Å². The van der Waals surface area contributed by atoms with Gasteiger partial charge in [-0.05, 0) is 24.3 Å². The molecule has 1 heterocycles. The standard InChI is InChI=1S/C13H14BrNO4S/c1-18-13(17)15-10-6-20-7-11(10)19-12(16)8-2-4-9(14)5-3-8/h2-5,10-11H,6-7H2,1H3,(H,15,17)/t10-,11-/m1/s1. The maximum atomic E-state index is 12.0. The Kier molecular flexibility index (Phi) is 5.31. The van der Waals surface area contributed by atoms with Gasteiger partial charge in [0.15, 0.2) is 0 Å². The van der Waals surface area contributed by atoms with E-state index in [1.807, 2.05) is 0 Å². The number of alkyl carbamates (subject to hydrolysis) is 1. The summed E-state index contributed by atoms with van der Waals surface area (Å²) in [4.78, 5) is 23.2. The molecule has 0 bridgehead atoms. The molecule has 1 aromatic rings. The number of benzene rings is 1. The number of carbonyl (C=O) groups excluding carboxylic acids is 2. The van der Waals surface area contributed by atoms with Crippen molar-refractivity contribution in [2.45, 2.75) is 12.1 Å². The van der Waals surface area contributed by atoms with Crippen molar-refractivity contribution in [1.29, 1.82) is 0 Å². The van der Waals surface area contributed by atoms with Crippen LogP contribution in [0, 0.1) is 0 Å². The first kappa shape index (κ1) is 15.2. The number of carbonyl (C=O) groups is 2. The van der Waals surface area contributed by atoms with Gasteiger partial charge in [0.1, 0.15) is 6.10 Å². The zero-order chi connectivity index (χ0) is 14.5. The zero-order valence-corrected chi connectivity index (χ0v) is 13.2. The second-order valence-electron chi connectivity index (χ2n) is 4.23. The van der Waals surface area contributed by atoms with Crippen LogP contribution in [0.15, 0.2) is 28.7 Å². The Bertz CT molecular complexity index is 494. The van der Waals surface area contributed by atoms with Gasteiger partial charge < -0.3 is 14.8 Å². The number of methoxy groups -OCH3 is 1. The maximum Gasteiger partial charge on any atom is 0.407 e. The lowest BCUT2D eigenvalue weighted by Crippen LogP contribution is -2.44. The van der Waals surface area contributed by atoms with Crippen LogP contribution in [0.1, 0.15) is 10.4 Å². The van der Waals surface area contributed by atoms with Gasteiger partial charge in [-0.1, -0.05) is 15.9 Å². The number of esters is 1. The number of nitrogens with one attached hydrogen (secondary N) is 1. The Balaban J connectivity index is 1.96. The van der Waals surface area contributed by atoms with Gasteiger partial charge in [-0.15, -0.1) is 0 Å². The van der Waals surface area contributed by atoms with Gasteiger partial charge in [0.25, 0.3) is 0 Å². The van der Waals surface area contributed by atoms with Gasteiger partial charge in [-0.25, -0.2) is 9.59 Å². The highest BCUT2D eigenvalue weighted by atomic mass is 79.9. The third-order valence-corrected chi connectivity index (χ3v) is 4.54. The van der Waals surface area contributed by atoms with E-state index < -0.39 is 6.09 Å². The fourth-order valence-corrected chi connectivity index (χ4v) is 3.27. The van der Waals surface area contributed by atoms with Crippen LogP contribution in [0.2, 0.25) is 0 Å².